The standard InChI is InChI=1S/C17H28N6O3/c1-11-12(2)21-23(13(11)3)8-5-6-20-17(26)22-9-7-19-16(25)14(22)10-15(24)18-4/h14H,5-10H2,1-4H3,(H,18,24)(H,19,25)(H,20,26). The molecule has 9 heteroatoms. The Bertz CT molecular complexity index is 684. The number of aryl methyl sites for hydroxylation is 2. The van der Waals surface area contributed by atoms with E-state index in [0.29, 0.717) is 26.2 Å². The van der Waals surface area contributed by atoms with E-state index in [1.165, 1.54) is 17.5 Å². The minimum absolute atomic E-state index is 0.0409. The molecule has 4 amide bonds. The smallest absolute Gasteiger partial charge is 0.318 e. The van der Waals surface area contributed by atoms with Crippen molar-refractivity contribution in [3.05, 3.63) is 17.0 Å². The summed E-state index contributed by atoms with van der Waals surface area (Å²) >= 11 is 0. The lowest BCUT2D eigenvalue weighted by atomic mass is 10.1. The van der Waals surface area contributed by atoms with Crippen LogP contribution < -0.4 is 16.0 Å². The SMILES string of the molecule is CNC(=O)CC1C(=O)NCCN1C(=O)NCCCn1nc(C)c(C)c1C. The number of urea groups is 1. The van der Waals surface area contributed by atoms with Gasteiger partial charge in [0.25, 0.3) is 0 Å². The molecule has 1 saturated heterocycles. The van der Waals surface area contributed by atoms with Crippen LogP contribution in [0.4, 0.5) is 4.79 Å². The lowest BCUT2D eigenvalue weighted by molar-refractivity contribution is -0.132. The Balaban J connectivity index is 1.86. The van der Waals surface area contributed by atoms with E-state index in [0.717, 1.165) is 17.8 Å². The lowest BCUT2D eigenvalue weighted by Gasteiger charge is -2.34. The number of hydrogen-bond donors (Lipinski definition) is 3. The van der Waals surface area contributed by atoms with Crippen LogP contribution in [-0.2, 0) is 16.1 Å². The highest BCUT2D eigenvalue weighted by molar-refractivity contribution is 5.92. The van der Waals surface area contributed by atoms with Crippen molar-refractivity contribution in [3.8, 4) is 0 Å². The molecule has 1 aromatic rings. The number of carbonyl (C=O) groups excluding carboxylic acids is 3. The molecule has 1 atom stereocenters. The molecule has 0 radical (unpaired) electrons. The van der Waals surface area contributed by atoms with E-state index in [9.17, 15) is 14.4 Å². The third kappa shape index (κ3) is 4.53. The van der Waals surface area contributed by atoms with Gasteiger partial charge in [-0.1, -0.05) is 0 Å². The Kier molecular flexibility index (Phi) is 6.59. The number of amides is 4. The van der Waals surface area contributed by atoms with Crippen LogP contribution in [0.3, 0.4) is 0 Å². The zero-order valence-electron chi connectivity index (χ0n) is 15.9. The summed E-state index contributed by atoms with van der Waals surface area (Å²) in [7, 11) is 1.51. The quantitative estimate of drug-likeness (QED) is 0.610. The molecular weight excluding hydrogens is 336 g/mol. The van der Waals surface area contributed by atoms with Crippen molar-refractivity contribution in [2.45, 2.75) is 46.2 Å². The van der Waals surface area contributed by atoms with Gasteiger partial charge in [0.15, 0.2) is 0 Å². The Labute approximate surface area is 153 Å². The van der Waals surface area contributed by atoms with E-state index in [2.05, 4.69) is 21.0 Å². The molecule has 1 aliphatic heterocycles. The summed E-state index contributed by atoms with van der Waals surface area (Å²) in [6, 6.07) is -1.10. The third-order valence-corrected chi connectivity index (χ3v) is 4.82. The lowest BCUT2D eigenvalue weighted by Crippen LogP contribution is -2.60. The maximum absolute atomic E-state index is 12.4. The fraction of sp³-hybridized carbons (Fsp3) is 0.647. The van der Waals surface area contributed by atoms with Crippen LogP contribution in [-0.4, -0.2) is 65.2 Å². The molecule has 2 heterocycles. The maximum atomic E-state index is 12.4. The topological polar surface area (TPSA) is 108 Å². The van der Waals surface area contributed by atoms with E-state index < -0.39 is 6.04 Å². The van der Waals surface area contributed by atoms with Crippen LogP contribution in [0.25, 0.3) is 0 Å². The summed E-state index contributed by atoms with van der Waals surface area (Å²) in [5.41, 5.74) is 3.33. The largest absolute Gasteiger partial charge is 0.359 e. The van der Waals surface area contributed by atoms with Crippen molar-refractivity contribution in [3.63, 3.8) is 0 Å². The number of nitrogens with zero attached hydrogens (tertiary/aromatic N) is 3. The number of hydrogen-bond acceptors (Lipinski definition) is 4. The first kappa shape index (κ1) is 19.7. The zero-order chi connectivity index (χ0) is 19.3. The molecule has 0 spiro atoms. The summed E-state index contributed by atoms with van der Waals surface area (Å²) in [5, 5.41) is 12.5. The Morgan fingerprint density at radius 2 is 2.04 bits per heavy atom. The fourth-order valence-corrected chi connectivity index (χ4v) is 2.97. The number of aromatic nitrogens is 2. The molecule has 2 rings (SSSR count). The normalized spacial score (nSPS) is 17.0. The van der Waals surface area contributed by atoms with Gasteiger partial charge in [0.1, 0.15) is 6.04 Å². The predicted octanol–water partition coefficient (Wildman–Crippen LogP) is -0.155. The van der Waals surface area contributed by atoms with Crippen molar-refractivity contribution in [2.75, 3.05) is 26.7 Å². The van der Waals surface area contributed by atoms with Gasteiger partial charge < -0.3 is 20.9 Å². The van der Waals surface area contributed by atoms with Gasteiger partial charge in [0.2, 0.25) is 11.8 Å². The summed E-state index contributed by atoms with van der Waals surface area (Å²) in [4.78, 5) is 37.5. The van der Waals surface area contributed by atoms with E-state index in [-0.39, 0.29) is 24.3 Å². The van der Waals surface area contributed by atoms with E-state index in [1.807, 2.05) is 25.5 Å². The maximum Gasteiger partial charge on any atom is 0.318 e. The Morgan fingerprint density at radius 1 is 1.31 bits per heavy atom. The second kappa shape index (κ2) is 8.68. The van der Waals surface area contributed by atoms with Crippen LogP contribution >= 0.6 is 0 Å². The molecule has 0 bridgehead atoms. The van der Waals surface area contributed by atoms with Crippen LogP contribution in [0.2, 0.25) is 0 Å². The predicted molar refractivity (Wildman–Crippen MR) is 96.6 cm³/mol. The highest BCUT2D eigenvalue weighted by atomic mass is 16.2. The van der Waals surface area contributed by atoms with Crippen LogP contribution in [0.1, 0.15) is 29.8 Å². The van der Waals surface area contributed by atoms with Gasteiger partial charge in [-0.2, -0.15) is 5.10 Å². The first-order chi connectivity index (χ1) is 12.3. The first-order valence-corrected chi connectivity index (χ1v) is 8.88. The van der Waals surface area contributed by atoms with Gasteiger partial charge in [-0.15, -0.1) is 0 Å². The van der Waals surface area contributed by atoms with E-state index >= 15 is 0 Å². The number of rotatable bonds is 6. The van der Waals surface area contributed by atoms with Gasteiger partial charge in [-0.05, 0) is 32.8 Å². The molecular formula is C17H28N6O3. The summed E-state index contributed by atoms with van der Waals surface area (Å²) in [5.74, 6) is -0.571. The van der Waals surface area contributed by atoms with Crippen molar-refractivity contribution in [1.29, 1.82) is 0 Å². The first-order valence-electron chi connectivity index (χ1n) is 8.88. The van der Waals surface area contributed by atoms with Gasteiger partial charge in [-0.3, -0.25) is 14.3 Å². The van der Waals surface area contributed by atoms with Crippen molar-refractivity contribution in [2.24, 2.45) is 0 Å². The van der Waals surface area contributed by atoms with Crippen molar-refractivity contribution < 1.29 is 14.4 Å². The molecule has 26 heavy (non-hydrogen) atoms. The van der Waals surface area contributed by atoms with Crippen molar-refractivity contribution in [1.82, 2.24) is 30.6 Å². The van der Waals surface area contributed by atoms with Gasteiger partial charge in [0, 0.05) is 38.9 Å². The molecule has 1 fully saturated rings. The molecule has 0 aliphatic carbocycles. The van der Waals surface area contributed by atoms with Crippen molar-refractivity contribution >= 4 is 17.8 Å². The summed E-state index contributed by atoms with van der Waals surface area (Å²) in [6.07, 6.45) is 0.689. The molecule has 1 aromatic heterocycles. The van der Waals surface area contributed by atoms with Gasteiger partial charge in [0.05, 0.1) is 12.1 Å². The molecule has 3 N–H and O–H groups in total. The highest BCUT2D eigenvalue weighted by Crippen LogP contribution is 2.11. The van der Waals surface area contributed by atoms with Crippen LogP contribution in [0, 0.1) is 20.8 Å². The summed E-state index contributed by atoms with van der Waals surface area (Å²) in [6.45, 7) is 8.02. The van der Waals surface area contributed by atoms with Crippen LogP contribution in [0.5, 0.6) is 0 Å². The second-order valence-electron chi connectivity index (χ2n) is 6.48. The third-order valence-electron chi connectivity index (χ3n) is 4.82. The van der Waals surface area contributed by atoms with Crippen LogP contribution in [0.15, 0.2) is 0 Å². The average Bonchev–Trinajstić information content (AvgIpc) is 2.87. The molecule has 0 aromatic carbocycles. The van der Waals surface area contributed by atoms with Gasteiger partial charge in [-0.25, -0.2) is 4.79 Å². The van der Waals surface area contributed by atoms with E-state index in [1.54, 1.807) is 0 Å². The van der Waals surface area contributed by atoms with E-state index in [4.69, 9.17) is 0 Å². The fourth-order valence-electron chi connectivity index (χ4n) is 2.97. The number of piperazine rings is 1. The minimum atomic E-state index is -0.776. The average molecular weight is 364 g/mol. The highest BCUT2D eigenvalue weighted by Gasteiger charge is 2.34. The summed E-state index contributed by atoms with van der Waals surface area (Å²) < 4.78 is 1.94. The Morgan fingerprint density at radius 3 is 2.65 bits per heavy atom. The molecule has 1 aliphatic rings. The molecule has 9 nitrogen and oxygen atoms in total. The van der Waals surface area contributed by atoms with Gasteiger partial charge >= 0.3 is 6.03 Å². The monoisotopic (exact) mass is 364 g/mol. The second-order valence-corrected chi connectivity index (χ2v) is 6.48. The molecule has 0 saturated carbocycles. The molecule has 144 valence electrons. The minimum Gasteiger partial charge on any atom is -0.359 e. The number of carbonyl (C=O) groups is 3. The zero-order valence-corrected chi connectivity index (χ0v) is 15.9. The Hall–Kier alpha value is -2.58. The number of nitrogens with one attached hydrogen (secondary N) is 3. The molecule has 1 unspecified atom stereocenters.